The van der Waals surface area contributed by atoms with Crippen LogP contribution in [-0.2, 0) is 4.79 Å². The summed E-state index contributed by atoms with van der Waals surface area (Å²) in [6, 6.07) is 0.274. The second kappa shape index (κ2) is 4.23. The molecule has 1 atom stereocenters. The fraction of sp³-hybridized carbons (Fsp3) is 0.846. The highest BCUT2D eigenvalue weighted by atomic mass is 32.1. The second-order valence-corrected chi connectivity index (χ2v) is 6.65. The summed E-state index contributed by atoms with van der Waals surface area (Å²) < 4.78 is 0. The van der Waals surface area contributed by atoms with Gasteiger partial charge in [0.25, 0.3) is 0 Å². The fourth-order valence-corrected chi connectivity index (χ4v) is 3.07. The molecule has 0 radical (unpaired) electrons. The average molecular weight is 254 g/mol. The third kappa shape index (κ3) is 2.32. The summed E-state index contributed by atoms with van der Waals surface area (Å²) >= 11 is 5.01. The highest BCUT2D eigenvalue weighted by Gasteiger charge is 2.53. The van der Waals surface area contributed by atoms with Crippen molar-refractivity contribution in [2.75, 3.05) is 0 Å². The molecule has 2 aliphatic rings. The van der Waals surface area contributed by atoms with Crippen LogP contribution in [0.25, 0.3) is 0 Å². The first-order chi connectivity index (χ1) is 7.88. The Bertz CT molecular complexity index is 347. The van der Waals surface area contributed by atoms with Crippen LogP contribution in [0.15, 0.2) is 0 Å². The van der Waals surface area contributed by atoms with Crippen LogP contribution in [0.2, 0.25) is 0 Å². The third-order valence-corrected chi connectivity index (χ3v) is 4.86. The minimum atomic E-state index is -0.511. The minimum Gasteiger partial charge on any atom is -0.392 e. The lowest BCUT2D eigenvalue weighted by Gasteiger charge is -2.39. The second-order valence-electron chi connectivity index (χ2n) is 6.21. The Morgan fingerprint density at radius 2 is 1.94 bits per heavy atom. The van der Waals surface area contributed by atoms with Crippen LogP contribution in [0.4, 0.5) is 0 Å². The summed E-state index contributed by atoms with van der Waals surface area (Å²) in [5.74, 6) is 0.0602. The average Bonchev–Trinajstić information content (AvgIpc) is 3.01. The van der Waals surface area contributed by atoms with Gasteiger partial charge in [-0.3, -0.25) is 4.79 Å². The van der Waals surface area contributed by atoms with Crippen molar-refractivity contribution in [3.8, 4) is 0 Å². The van der Waals surface area contributed by atoms with Gasteiger partial charge < -0.3 is 11.1 Å². The number of nitrogens with two attached hydrogens (primary N) is 1. The number of hydrogen-bond acceptors (Lipinski definition) is 2. The molecule has 0 aromatic carbocycles. The van der Waals surface area contributed by atoms with Gasteiger partial charge in [-0.05, 0) is 31.1 Å². The lowest BCUT2D eigenvalue weighted by atomic mass is 9.73. The molecule has 0 aromatic heterocycles. The van der Waals surface area contributed by atoms with Crippen LogP contribution >= 0.6 is 12.2 Å². The number of rotatable bonds is 3. The van der Waals surface area contributed by atoms with E-state index in [2.05, 4.69) is 19.2 Å². The van der Waals surface area contributed by atoms with E-state index in [1.54, 1.807) is 0 Å². The first-order valence-electron chi connectivity index (χ1n) is 6.49. The minimum absolute atomic E-state index is 0.0602. The van der Waals surface area contributed by atoms with Gasteiger partial charge in [0.1, 0.15) is 0 Å². The Labute approximate surface area is 109 Å². The van der Waals surface area contributed by atoms with Crippen molar-refractivity contribution in [2.24, 2.45) is 16.6 Å². The van der Waals surface area contributed by atoms with Gasteiger partial charge >= 0.3 is 0 Å². The normalized spacial score (nSPS) is 29.4. The van der Waals surface area contributed by atoms with Crippen molar-refractivity contribution in [1.82, 2.24) is 5.32 Å². The van der Waals surface area contributed by atoms with Gasteiger partial charge in [-0.1, -0.05) is 38.9 Å². The van der Waals surface area contributed by atoms with Crippen molar-refractivity contribution >= 4 is 23.1 Å². The summed E-state index contributed by atoms with van der Waals surface area (Å²) in [7, 11) is 0. The van der Waals surface area contributed by atoms with E-state index in [1.807, 2.05) is 0 Å². The maximum Gasteiger partial charge on any atom is 0.233 e. The van der Waals surface area contributed by atoms with Crippen LogP contribution in [-0.4, -0.2) is 16.9 Å². The van der Waals surface area contributed by atoms with Gasteiger partial charge in [0.05, 0.1) is 10.4 Å². The summed E-state index contributed by atoms with van der Waals surface area (Å²) in [6.45, 7) is 4.47. The van der Waals surface area contributed by atoms with E-state index in [4.69, 9.17) is 18.0 Å². The summed E-state index contributed by atoms with van der Waals surface area (Å²) in [5, 5.41) is 3.19. The quantitative estimate of drug-likeness (QED) is 0.759. The standard InChI is InChI=1S/C13H22N2OS/c1-12(2)6-4-3-5-9(12)15-11(16)13(7-8-13)10(14)17/h9H,3-8H2,1-2H3,(H2,14,17)(H,15,16). The van der Waals surface area contributed by atoms with Crippen LogP contribution in [0.5, 0.6) is 0 Å². The van der Waals surface area contributed by atoms with Gasteiger partial charge in [-0.15, -0.1) is 0 Å². The molecule has 4 heteroatoms. The van der Waals surface area contributed by atoms with Crippen LogP contribution in [0.1, 0.15) is 52.4 Å². The molecule has 0 bridgehead atoms. The fourth-order valence-electron chi connectivity index (χ4n) is 2.77. The van der Waals surface area contributed by atoms with Gasteiger partial charge in [0.15, 0.2) is 0 Å². The van der Waals surface area contributed by atoms with Gasteiger partial charge in [0.2, 0.25) is 5.91 Å². The van der Waals surface area contributed by atoms with Crippen molar-refractivity contribution in [2.45, 2.75) is 58.4 Å². The maximum atomic E-state index is 12.2. The molecule has 2 fully saturated rings. The molecular weight excluding hydrogens is 232 g/mol. The summed E-state index contributed by atoms with van der Waals surface area (Å²) in [5.41, 5.74) is 5.36. The van der Waals surface area contributed by atoms with E-state index in [0.29, 0.717) is 4.99 Å². The Morgan fingerprint density at radius 1 is 1.29 bits per heavy atom. The van der Waals surface area contributed by atoms with Crippen LogP contribution in [0.3, 0.4) is 0 Å². The molecule has 3 N–H and O–H groups in total. The van der Waals surface area contributed by atoms with Gasteiger partial charge in [0, 0.05) is 6.04 Å². The van der Waals surface area contributed by atoms with Crippen molar-refractivity contribution < 1.29 is 4.79 Å². The zero-order valence-corrected chi connectivity index (χ0v) is 11.5. The van der Waals surface area contributed by atoms with Gasteiger partial charge in [-0.2, -0.15) is 0 Å². The molecule has 2 aliphatic carbocycles. The molecular formula is C13H22N2OS. The first-order valence-corrected chi connectivity index (χ1v) is 6.90. The molecule has 0 saturated heterocycles. The van der Waals surface area contributed by atoms with E-state index >= 15 is 0 Å². The topological polar surface area (TPSA) is 55.1 Å². The molecule has 1 amide bonds. The molecule has 0 heterocycles. The first kappa shape index (κ1) is 12.8. The molecule has 1 unspecified atom stereocenters. The van der Waals surface area contributed by atoms with E-state index < -0.39 is 5.41 Å². The number of hydrogen-bond donors (Lipinski definition) is 2. The van der Waals surface area contributed by atoms with Crippen molar-refractivity contribution in [1.29, 1.82) is 0 Å². The molecule has 2 rings (SSSR count). The molecule has 0 spiro atoms. The molecule has 0 aromatic rings. The Balaban J connectivity index is 2.01. The van der Waals surface area contributed by atoms with Gasteiger partial charge in [-0.25, -0.2) is 0 Å². The lowest BCUT2D eigenvalue weighted by Crippen LogP contribution is -2.51. The van der Waals surface area contributed by atoms with Crippen LogP contribution in [0, 0.1) is 10.8 Å². The zero-order chi connectivity index (χ0) is 12.7. The summed E-state index contributed by atoms with van der Waals surface area (Å²) in [4.78, 5) is 12.6. The molecule has 2 saturated carbocycles. The van der Waals surface area contributed by atoms with E-state index in [9.17, 15) is 4.79 Å². The SMILES string of the molecule is CC1(C)CCCCC1NC(=O)C1(C(N)=S)CC1. The monoisotopic (exact) mass is 254 g/mol. The van der Waals surface area contributed by atoms with E-state index in [1.165, 1.54) is 19.3 Å². The lowest BCUT2D eigenvalue weighted by molar-refractivity contribution is -0.126. The highest BCUT2D eigenvalue weighted by Crippen LogP contribution is 2.47. The number of thiocarbonyl (C=S) groups is 1. The van der Waals surface area contributed by atoms with Crippen molar-refractivity contribution in [3.63, 3.8) is 0 Å². The number of nitrogens with one attached hydrogen (secondary N) is 1. The predicted molar refractivity (Wildman–Crippen MR) is 72.6 cm³/mol. The third-order valence-electron chi connectivity index (χ3n) is 4.47. The Morgan fingerprint density at radius 3 is 2.41 bits per heavy atom. The van der Waals surface area contributed by atoms with Crippen LogP contribution < -0.4 is 11.1 Å². The van der Waals surface area contributed by atoms with E-state index in [0.717, 1.165) is 19.3 Å². The zero-order valence-electron chi connectivity index (χ0n) is 10.7. The van der Waals surface area contributed by atoms with Crippen molar-refractivity contribution in [3.05, 3.63) is 0 Å². The molecule has 0 aliphatic heterocycles. The number of amides is 1. The van der Waals surface area contributed by atoms with E-state index in [-0.39, 0.29) is 17.4 Å². The largest absolute Gasteiger partial charge is 0.392 e. The Kier molecular flexibility index (Phi) is 3.19. The molecule has 3 nitrogen and oxygen atoms in total. The Hall–Kier alpha value is -0.640. The molecule has 96 valence electrons. The summed E-state index contributed by atoms with van der Waals surface area (Å²) in [6.07, 6.45) is 6.36. The molecule has 17 heavy (non-hydrogen) atoms. The highest BCUT2D eigenvalue weighted by molar-refractivity contribution is 7.80. The number of carbonyl (C=O) groups is 1. The number of carbonyl (C=O) groups excluding carboxylic acids is 1. The maximum absolute atomic E-state index is 12.2. The smallest absolute Gasteiger partial charge is 0.233 e. The predicted octanol–water partition coefficient (Wildman–Crippen LogP) is 2.14.